The molecule has 2 rings (SSSR count). The number of likely N-dealkylation sites (N-methyl/N-ethyl adjacent to an activating group) is 2. The summed E-state index contributed by atoms with van der Waals surface area (Å²) < 4.78 is 11.1. The molecule has 2 atom stereocenters. The van der Waals surface area contributed by atoms with Crippen molar-refractivity contribution in [3.63, 3.8) is 0 Å². The van der Waals surface area contributed by atoms with Gasteiger partial charge in [-0.2, -0.15) is 0 Å². The molecule has 5 nitrogen and oxygen atoms in total. The average Bonchev–Trinajstić information content (AvgIpc) is 3.31. The summed E-state index contributed by atoms with van der Waals surface area (Å²) in [7, 11) is 3.95. The molecule has 1 aliphatic carbocycles. The third kappa shape index (κ3) is 4.18. The van der Waals surface area contributed by atoms with Crippen LogP contribution in [0, 0.1) is 5.92 Å². The van der Waals surface area contributed by atoms with E-state index < -0.39 is 5.54 Å². The molecular formula is C16H30N2O3. The van der Waals surface area contributed by atoms with Crippen molar-refractivity contribution in [3.8, 4) is 0 Å². The Hall–Kier alpha value is -0.650. The first-order valence-corrected chi connectivity index (χ1v) is 8.28. The molecule has 1 aliphatic heterocycles. The Balaban J connectivity index is 1.95. The number of nitrogens with one attached hydrogen (secondary N) is 1. The molecule has 1 heterocycles. The first-order chi connectivity index (χ1) is 10.1. The Morgan fingerprint density at radius 3 is 2.67 bits per heavy atom. The lowest BCUT2D eigenvalue weighted by Crippen LogP contribution is -2.60. The van der Waals surface area contributed by atoms with Gasteiger partial charge in [0.05, 0.1) is 12.7 Å². The van der Waals surface area contributed by atoms with E-state index in [2.05, 4.69) is 17.3 Å². The topological polar surface area (TPSA) is 50.8 Å². The second kappa shape index (κ2) is 7.56. The Morgan fingerprint density at radius 1 is 1.38 bits per heavy atom. The number of carbonyl (C=O) groups excluding carboxylic acids is 1. The lowest BCUT2D eigenvalue weighted by atomic mass is 9.92. The van der Waals surface area contributed by atoms with Crippen LogP contribution in [0.4, 0.5) is 0 Å². The fourth-order valence-electron chi connectivity index (χ4n) is 3.37. The van der Waals surface area contributed by atoms with Gasteiger partial charge in [-0.05, 0) is 59.0 Å². The van der Waals surface area contributed by atoms with Gasteiger partial charge in [0.15, 0.2) is 0 Å². The normalized spacial score (nSPS) is 25.6. The summed E-state index contributed by atoms with van der Waals surface area (Å²) in [5.74, 6) is 0.294. The summed E-state index contributed by atoms with van der Waals surface area (Å²) >= 11 is 0. The number of esters is 1. The summed E-state index contributed by atoms with van der Waals surface area (Å²) in [6.07, 6.45) is 6.06. The number of rotatable bonds is 8. The van der Waals surface area contributed by atoms with E-state index in [1.54, 1.807) is 0 Å². The highest BCUT2D eigenvalue weighted by Crippen LogP contribution is 2.40. The van der Waals surface area contributed by atoms with Gasteiger partial charge >= 0.3 is 5.97 Å². The number of ether oxygens (including phenoxy) is 2. The van der Waals surface area contributed by atoms with E-state index in [-0.39, 0.29) is 5.97 Å². The molecule has 122 valence electrons. The van der Waals surface area contributed by atoms with Gasteiger partial charge in [-0.3, -0.25) is 0 Å². The van der Waals surface area contributed by atoms with E-state index in [9.17, 15) is 4.79 Å². The van der Waals surface area contributed by atoms with Gasteiger partial charge in [0, 0.05) is 19.7 Å². The van der Waals surface area contributed by atoms with Crippen LogP contribution in [-0.4, -0.2) is 62.9 Å². The summed E-state index contributed by atoms with van der Waals surface area (Å²) in [5, 5.41) is 3.27. The number of nitrogens with zero attached hydrogens (tertiary/aromatic N) is 1. The van der Waals surface area contributed by atoms with Crippen LogP contribution in [-0.2, 0) is 14.3 Å². The molecule has 0 amide bonds. The third-order valence-corrected chi connectivity index (χ3v) is 4.67. The minimum atomic E-state index is -0.556. The molecule has 1 saturated heterocycles. The van der Waals surface area contributed by atoms with Crippen molar-refractivity contribution < 1.29 is 14.3 Å². The van der Waals surface area contributed by atoms with Crippen molar-refractivity contribution in [1.82, 2.24) is 10.2 Å². The molecule has 0 aromatic rings. The van der Waals surface area contributed by atoms with E-state index in [4.69, 9.17) is 9.47 Å². The summed E-state index contributed by atoms with van der Waals surface area (Å²) in [6, 6.07) is 0. The fraction of sp³-hybridized carbons (Fsp3) is 0.938. The number of carbonyl (C=O) groups is 1. The fourth-order valence-corrected chi connectivity index (χ4v) is 3.37. The van der Waals surface area contributed by atoms with E-state index in [0.717, 1.165) is 32.4 Å². The van der Waals surface area contributed by atoms with Gasteiger partial charge in [0.25, 0.3) is 0 Å². The quantitative estimate of drug-likeness (QED) is 0.687. The highest BCUT2D eigenvalue weighted by atomic mass is 16.5. The first-order valence-electron chi connectivity index (χ1n) is 8.28. The Morgan fingerprint density at radius 2 is 2.14 bits per heavy atom. The average molecular weight is 298 g/mol. The summed E-state index contributed by atoms with van der Waals surface area (Å²) in [5.41, 5.74) is -0.556. The second-order valence-electron chi connectivity index (χ2n) is 6.40. The molecule has 2 aliphatic rings. The van der Waals surface area contributed by atoms with Crippen LogP contribution < -0.4 is 5.32 Å². The van der Waals surface area contributed by atoms with Crippen molar-refractivity contribution in [2.24, 2.45) is 5.92 Å². The van der Waals surface area contributed by atoms with Crippen molar-refractivity contribution in [2.75, 3.05) is 40.4 Å². The molecule has 0 radical (unpaired) electrons. The van der Waals surface area contributed by atoms with E-state index in [1.807, 2.05) is 14.0 Å². The minimum absolute atomic E-state index is 0.105. The Kier molecular flexibility index (Phi) is 6.02. The van der Waals surface area contributed by atoms with Crippen LogP contribution in [0.2, 0.25) is 0 Å². The molecule has 5 heteroatoms. The van der Waals surface area contributed by atoms with Gasteiger partial charge in [-0.1, -0.05) is 0 Å². The van der Waals surface area contributed by atoms with Crippen LogP contribution in [0.5, 0.6) is 0 Å². The lowest BCUT2D eigenvalue weighted by Gasteiger charge is -2.36. The molecule has 0 bridgehead atoms. The van der Waals surface area contributed by atoms with E-state index in [1.165, 1.54) is 12.8 Å². The zero-order valence-electron chi connectivity index (χ0n) is 13.7. The van der Waals surface area contributed by atoms with E-state index in [0.29, 0.717) is 25.2 Å². The van der Waals surface area contributed by atoms with Crippen molar-refractivity contribution in [2.45, 2.75) is 50.7 Å². The highest BCUT2D eigenvalue weighted by Gasteiger charge is 2.51. The molecule has 0 aromatic heterocycles. The number of hydrogen-bond donors (Lipinski definition) is 1. The van der Waals surface area contributed by atoms with Crippen LogP contribution in [0.3, 0.4) is 0 Å². The molecule has 2 fully saturated rings. The smallest absolute Gasteiger partial charge is 0.327 e. The molecule has 1 N–H and O–H groups in total. The van der Waals surface area contributed by atoms with Gasteiger partial charge < -0.3 is 19.7 Å². The molecule has 21 heavy (non-hydrogen) atoms. The maximum absolute atomic E-state index is 12.5. The Bertz CT molecular complexity index is 340. The SMILES string of the molecule is CCOC(=O)C(CN(C)CC1CCCCO1)(NC)C1CC1. The monoisotopic (exact) mass is 298 g/mol. The lowest BCUT2D eigenvalue weighted by molar-refractivity contribution is -0.153. The van der Waals surface area contributed by atoms with Crippen LogP contribution in [0.25, 0.3) is 0 Å². The van der Waals surface area contributed by atoms with Gasteiger partial charge in [-0.25, -0.2) is 4.79 Å². The second-order valence-corrected chi connectivity index (χ2v) is 6.40. The number of hydrogen-bond acceptors (Lipinski definition) is 5. The van der Waals surface area contributed by atoms with Gasteiger partial charge in [0.1, 0.15) is 5.54 Å². The predicted octanol–water partition coefficient (Wildman–Crippen LogP) is 1.42. The molecule has 0 aromatic carbocycles. The maximum atomic E-state index is 12.5. The molecular weight excluding hydrogens is 268 g/mol. The highest BCUT2D eigenvalue weighted by molar-refractivity contribution is 5.82. The molecule has 2 unspecified atom stereocenters. The maximum Gasteiger partial charge on any atom is 0.327 e. The van der Waals surface area contributed by atoms with Crippen LogP contribution >= 0.6 is 0 Å². The van der Waals surface area contributed by atoms with Crippen molar-refractivity contribution in [1.29, 1.82) is 0 Å². The van der Waals surface area contributed by atoms with Gasteiger partial charge in [0.2, 0.25) is 0 Å². The zero-order valence-corrected chi connectivity index (χ0v) is 13.7. The predicted molar refractivity (Wildman–Crippen MR) is 82.2 cm³/mol. The van der Waals surface area contributed by atoms with Crippen molar-refractivity contribution in [3.05, 3.63) is 0 Å². The Labute approximate surface area is 128 Å². The molecule has 1 saturated carbocycles. The van der Waals surface area contributed by atoms with Crippen LogP contribution in [0.1, 0.15) is 39.0 Å². The largest absolute Gasteiger partial charge is 0.465 e. The molecule has 0 spiro atoms. The summed E-state index contributed by atoms with van der Waals surface area (Å²) in [4.78, 5) is 14.7. The zero-order chi connectivity index (χ0) is 15.3. The summed E-state index contributed by atoms with van der Waals surface area (Å²) in [6.45, 7) is 4.74. The minimum Gasteiger partial charge on any atom is -0.465 e. The third-order valence-electron chi connectivity index (χ3n) is 4.67. The van der Waals surface area contributed by atoms with Gasteiger partial charge in [-0.15, -0.1) is 0 Å². The van der Waals surface area contributed by atoms with Crippen LogP contribution in [0.15, 0.2) is 0 Å². The first kappa shape index (κ1) is 16.7. The standard InChI is InChI=1S/C16H30N2O3/c1-4-20-15(19)16(17-2,13-8-9-13)12-18(3)11-14-7-5-6-10-21-14/h13-14,17H,4-12H2,1-3H3. The van der Waals surface area contributed by atoms with E-state index >= 15 is 0 Å². The van der Waals surface area contributed by atoms with Crippen molar-refractivity contribution >= 4 is 5.97 Å².